The smallest absolute Gasteiger partial charge is 0.119 e. The zero-order valence-electron chi connectivity index (χ0n) is 11.1. The summed E-state index contributed by atoms with van der Waals surface area (Å²) in [4.78, 5) is 2.41. The predicted octanol–water partition coefficient (Wildman–Crippen LogP) is 2.05. The Balaban J connectivity index is 1.75. The number of hydrogen-bond acceptors (Lipinski definition) is 3. The Morgan fingerprint density at radius 1 is 1.33 bits per heavy atom. The molecule has 1 heterocycles. The van der Waals surface area contributed by atoms with E-state index in [1.54, 1.807) is 0 Å². The van der Waals surface area contributed by atoms with Gasteiger partial charge in [0, 0.05) is 26.2 Å². The Labute approximate surface area is 109 Å². The third-order valence-corrected chi connectivity index (χ3v) is 3.10. The summed E-state index contributed by atoms with van der Waals surface area (Å²) in [5, 5.41) is 3.15. The van der Waals surface area contributed by atoms with Crippen LogP contribution in [0.2, 0.25) is 0 Å². The fraction of sp³-hybridized carbons (Fsp3) is 0.467. The van der Waals surface area contributed by atoms with Crippen LogP contribution in [0.3, 0.4) is 0 Å². The zero-order valence-corrected chi connectivity index (χ0v) is 11.1. The fourth-order valence-corrected chi connectivity index (χ4v) is 2.13. The lowest BCUT2D eigenvalue weighted by atomic mass is 10.2. The molecule has 2 rings (SSSR count). The summed E-state index contributed by atoms with van der Waals surface area (Å²) in [6, 6.07) is 8.28. The fourth-order valence-electron chi connectivity index (χ4n) is 2.13. The summed E-state index contributed by atoms with van der Waals surface area (Å²) in [6.07, 6.45) is 5.65. The second-order valence-electron chi connectivity index (χ2n) is 4.59. The van der Waals surface area contributed by atoms with E-state index in [-0.39, 0.29) is 0 Å². The Kier molecular flexibility index (Phi) is 5.24. The molecule has 0 saturated heterocycles. The molecule has 0 saturated carbocycles. The first kappa shape index (κ1) is 13.1. The summed E-state index contributed by atoms with van der Waals surface area (Å²) >= 11 is 0. The minimum absolute atomic E-state index is 0.761. The van der Waals surface area contributed by atoms with Crippen LogP contribution in [0.4, 0.5) is 0 Å². The van der Waals surface area contributed by atoms with Crippen molar-refractivity contribution in [2.75, 3.05) is 33.3 Å². The second kappa shape index (κ2) is 7.19. The van der Waals surface area contributed by atoms with Crippen LogP contribution in [-0.2, 0) is 6.54 Å². The van der Waals surface area contributed by atoms with Gasteiger partial charge in [-0.05, 0) is 31.2 Å². The normalized spacial score (nSPS) is 15.8. The van der Waals surface area contributed by atoms with Crippen molar-refractivity contribution in [1.82, 2.24) is 10.2 Å². The molecule has 0 bridgehead atoms. The van der Waals surface area contributed by atoms with Gasteiger partial charge in [-0.15, -0.1) is 0 Å². The topological polar surface area (TPSA) is 24.5 Å². The van der Waals surface area contributed by atoms with Gasteiger partial charge in [-0.2, -0.15) is 0 Å². The molecular weight excluding hydrogens is 224 g/mol. The van der Waals surface area contributed by atoms with Crippen LogP contribution in [0, 0.1) is 0 Å². The quantitative estimate of drug-likeness (QED) is 0.777. The lowest BCUT2D eigenvalue weighted by Gasteiger charge is -2.22. The highest BCUT2D eigenvalue weighted by Crippen LogP contribution is 2.13. The third-order valence-electron chi connectivity index (χ3n) is 3.10. The van der Waals surface area contributed by atoms with Crippen LogP contribution >= 0.6 is 0 Å². The SMILES string of the molecule is CNCc1cccc(OCCN2CC=CCC2)c1. The highest BCUT2D eigenvalue weighted by atomic mass is 16.5. The molecule has 1 N–H and O–H groups in total. The van der Waals surface area contributed by atoms with Gasteiger partial charge in [0.2, 0.25) is 0 Å². The molecule has 3 heteroatoms. The van der Waals surface area contributed by atoms with Crippen molar-refractivity contribution in [2.24, 2.45) is 0 Å². The van der Waals surface area contributed by atoms with Crippen molar-refractivity contribution in [1.29, 1.82) is 0 Å². The lowest BCUT2D eigenvalue weighted by Crippen LogP contribution is -2.31. The van der Waals surface area contributed by atoms with Crippen LogP contribution < -0.4 is 10.1 Å². The molecule has 0 spiro atoms. The molecule has 0 aliphatic carbocycles. The number of rotatable bonds is 6. The standard InChI is InChI=1S/C15H22N2O/c1-16-13-14-6-5-7-15(12-14)18-11-10-17-8-3-2-4-9-17/h2-3,5-7,12,16H,4,8-11,13H2,1H3. The van der Waals surface area contributed by atoms with E-state index >= 15 is 0 Å². The van der Waals surface area contributed by atoms with Gasteiger partial charge in [-0.3, -0.25) is 4.90 Å². The average molecular weight is 246 g/mol. The van der Waals surface area contributed by atoms with Crippen molar-refractivity contribution in [3.63, 3.8) is 0 Å². The van der Waals surface area contributed by atoms with E-state index in [0.29, 0.717) is 0 Å². The molecule has 0 unspecified atom stereocenters. The van der Waals surface area contributed by atoms with Gasteiger partial charge < -0.3 is 10.1 Å². The largest absolute Gasteiger partial charge is 0.492 e. The Morgan fingerprint density at radius 3 is 3.06 bits per heavy atom. The van der Waals surface area contributed by atoms with E-state index in [1.807, 2.05) is 19.2 Å². The van der Waals surface area contributed by atoms with E-state index in [9.17, 15) is 0 Å². The van der Waals surface area contributed by atoms with Crippen LogP contribution in [0.5, 0.6) is 5.75 Å². The van der Waals surface area contributed by atoms with Gasteiger partial charge in [0.1, 0.15) is 12.4 Å². The van der Waals surface area contributed by atoms with Gasteiger partial charge in [0.25, 0.3) is 0 Å². The lowest BCUT2D eigenvalue weighted by molar-refractivity contribution is 0.221. The average Bonchev–Trinajstić information content (AvgIpc) is 2.41. The molecule has 3 nitrogen and oxygen atoms in total. The maximum Gasteiger partial charge on any atom is 0.119 e. The minimum atomic E-state index is 0.761. The number of nitrogens with zero attached hydrogens (tertiary/aromatic N) is 1. The van der Waals surface area contributed by atoms with Crippen molar-refractivity contribution in [3.05, 3.63) is 42.0 Å². The van der Waals surface area contributed by atoms with Gasteiger partial charge in [0.15, 0.2) is 0 Å². The number of nitrogens with one attached hydrogen (secondary N) is 1. The predicted molar refractivity (Wildman–Crippen MR) is 74.9 cm³/mol. The van der Waals surface area contributed by atoms with E-state index in [2.05, 4.69) is 34.5 Å². The number of ether oxygens (including phenoxy) is 1. The summed E-state index contributed by atoms with van der Waals surface area (Å²) in [5.41, 5.74) is 1.26. The van der Waals surface area contributed by atoms with Crippen molar-refractivity contribution >= 4 is 0 Å². The van der Waals surface area contributed by atoms with Gasteiger partial charge in [-0.25, -0.2) is 0 Å². The summed E-state index contributed by atoms with van der Waals surface area (Å²) in [7, 11) is 1.96. The second-order valence-corrected chi connectivity index (χ2v) is 4.59. The molecule has 1 aliphatic heterocycles. The summed E-state index contributed by atoms with van der Waals surface area (Å²) < 4.78 is 5.80. The molecule has 1 aromatic rings. The Morgan fingerprint density at radius 2 is 2.28 bits per heavy atom. The molecule has 98 valence electrons. The molecule has 1 aliphatic rings. The molecule has 0 amide bonds. The monoisotopic (exact) mass is 246 g/mol. The molecule has 1 aromatic carbocycles. The maximum atomic E-state index is 5.80. The van der Waals surface area contributed by atoms with E-state index in [1.165, 1.54) is 5.56 Å². The van der Waals surface area contributed by atoms with E-state index < -0.39 is 0 Å². The first-order valence-electron chi connectivity index (χ1n) is 6.62. The van der Waals surface area contributed by atoms with E-state index in [0.717, 1.165) is 45.0 Å². The number of benzene rings is 1. The molecule has 0 radical (unpaired) electrons. The van der Waals surface area contributed by atoms with Gasteiger partial charge >= 0.3 is 0 Å². The van der Waals surface area contributed by atoms with Crippen LogP contribution in [0.15, 0.2) is 36.4 Å². The highest BCUT2D eigenvalue weighted by Gasteiger charge is 2.05. The van der Waals surface area contributed by atoms with Crippen LogP contribution in [-0.4, -0.2) is 38.2 Å². The zero-order chi connectivity index (χ0) is 12.6. The van der Waals surface area contributed by atoms with Crippen molar-refractivity contribution in [3.8, 4) is 5.75 Å². The molecular formula is C15H22N2O. The summed E-state index contributed by atoms with van der Waals surface area (Å²) in [6.45, 7) is 4.86. The first-order valence-corrected chi connectivity index (χ1v) is 6.62. The molecule has 18 heavy (non-hydrogen) atoms. The molecule has 0 aromatic heterocycles. The first-order chi connectivity index (χ1) is 8.88. The highest BCUT2D eigenvalue weighted by molar-refractivity contribution is 5.28. The van der Waals surface area contributed by atoms with Crippen LogP contribution in [0.1, 0.15) is 12.0 Å². The van der Waals surface area contributed by atoms with Crippen LogP contribution in [0.25, 0.3) is 0 Å². The van der Waals surface area contributed by atoms with Gasteiger partial charge in [0.05, 0.1) is 0 Å². The van der Waals surface area contributed by atoms with Gasteiger partial charge in [-0.1, -0.05) is 24.3 Å². The van der Waals surface area contributed by atoms with Crippen molar-refractivity contribution < 1.29 is 4.74 Å². The van der Waals surface area contributed by atoms with Crippen molar-refractivity contribution in [2.45, 2.75) is 13.0 Å². The minimum Gasteiger partial charge on any atom is -0.492 e. The maximum absolute atomic E-state index is 5.80. The number of hydrogen-bond donors (Lipinski definition) is 1. The summed E-state index contributed by atoms with van der Waals surface area (Å²) in [5.74, 6) is 0.968. The molecule has 0 atom stereocenters. The molecule has 0 fully saturated rings. The Hall–Kier alpha value is -1.32. The Bertz CT molecular complexity index is 390. The third kappa shape index (κ3) is 4.17. The van der Waals surface area contributed by atoms with E-state index in [4.69, 9.17) is 4.74 Å².